The van der Waals surface area contributed by atoms with Crippen molar-refractivity contribution in [3.63, 3.8) is 0 Å². The molecule has 4 heteroatoms. The SMILES string of the molecule is COc1c(C)cccc1-c1cnc(N)o1. The molecule has 2 N–H and O–H groups in total. The molecule has 0 radical (unpaired) electrons. The molecule has 0 spiro atoms. The lowest BCUT2D eigenvalue weighted by molar-refractivity contribution is 0.412. The summed E-state index contributed by atoms with van der Waals surface area (Å²) in [7, 11) is 1.63. The summed E-state index contributed by atoms with van der Waals surface area (Å²) < 4.78 is 10.6. The molecule has 0 saturated heterocycles. The molecule has 4 nitrogen and oxygen atoms in total. The molecule has 0 amide bonds. The van der Waals surface area contributed by atoms with Crippen LogP contribution >= 0.6 is 0 Å². The second kappa shape index (κ2) is 3.65. The van der Waals surface area contributed by atoms with E-state index in [1.165, 1.54) is 0 Å². The number of ether oxygens (including phenoxy) is 1. The van der Waals surface area contributed by atoms with Gasteiger partial charge in [-0.05, 0) is 18.6 Å². The minimum atomic E-state index is 0.161. The molecule has 0 aliphatic carbocycles. The van der Waals surface area contributed by atoms with Gasteiger partial charge >= 0.3 is 0 Å². The van der Waals surface area contributed by atoms with Crippen LogP contribution in [0.15, 0.2) is 28.8 Å². The van der Waals surface area contributed by atoms with Gasteiger partial charge in [0.1, 0.15) is 5.75 Å². The number of hydrogen-bond donors (Lipinski definition) is 1. The maximum absolute atomic E-state index is 5.43. The summed E-state index contributed by atoms with van der Waals surface area (Å²) in [5.41, 5.74) is 7.34. The molecule has 0 saturated carbocycles. The number of oxazole rings is 1. The molecule has 0 atom stereocenters. The average Bonchev–Trinajstić information content (AvgIpc) is 2.64. The van der Waals surface area contributed by atoms with Crippen LogP contribution in [-0.2, 0) is 0 Å². The fourth-order valence-electron chi connectivity index (χ4n) is 1.53. The summed E-state index contributed by atoms with van der Waals surface area (Å²) in [6.45, 7) is 1.97. The Hall–Kier alpha value is -1.97. The molecule has 15 heavy (non-hydrogen) atoms. The van der Waals surface area contributed by atoms with Gasteiger partial charge in [0.2, 0.25) is 0 Å². The Labute approximate surface area is 87.7 Å². The van der Waals surface area contributed by atoms with E-state index >= 15 is 0 Å². The second-order valence-electron chi connectivity index (χ2n) is 3.22. The summed E-state index contributed by atoms with van der Waals surface area (Å²) in [4.78, 5) is 3.85. The number of nitrogen functional groups attached to an aromatic ring is 1. The highest BCUT2D eigenvalue weighted by Gasteiger charge is 2.11. The standard InChI is InChI=1S/C11H12N2O2/c1-7-4-3-5-8(10(7)14-2)9-6-13-11(12)15-9/h3-6H,1-2H3,(H2,12,13). The van der Waals surface area contributed by atoms with Crippen LogP contribution < -0.4 is 10.5 Å². The molecule has 2 aromatic rings. The van der Waals surface area contributed by atoms with E-state index in [0.717, 1.165) is 16.9 Å². The molecule has 0 aliphatic rings. The molecule has 2 rings (SSSR count). The Morgan fingerprint density at radius 1 is 1.40 bits per heavy atom. The first kappa shape index (κ1) is 9.58. The largest absolute Gasteiger partial charge is 0.496 e. The molecule has 1 aromatic carbocycles. The smallest absolute Gasteiger partial charge is 0.292 e. The van der Waals surface area contributed by atoms with Crippen LogP contribution in [0.2, 0.25) is 0 Å². The van der Waals surface area contributed by atoms with E-state index in [1.54, 1.807) is 13.3 Å². The Morgan fingerprint density at radius 3 is 2.80 bits per heavy atom. The number of aryl methyl sites for hydroxylation is 1. The zero-order chi connectivity index (χ0) is 10.8. The number of nitrogens with zero attached hydrogens (tertiary/aromatic N) is 1. The van der Waals surface area contributed by atoms with E-state index in [2.05, 4.69) is 4.98 Å². The van der Waals surface area contributed by atoms with Crippen molar-refractivity contribution in [2.24, 2.45) is 0 Å². The topological polar surface area (TPSA) is 61.3 Å². The Morgan fingerprint density at radius 2 is 2.20 bits per heavy atom. The fraction of sp³-hybridized carbons (Fsp3) is 0.182. The highest BCUT2D eigenvalue weighted by atomic mass is 16.5. The third-order valence-corrected chi connectivity index (χ3v) is 2.21. The van der Waals surface area contributed by atoms with Gasteiger partial charge in [0, 0.05) is 0 Å². The Kier molecular flexibility index (Phi) is 2.33. The minimum Gasteiger partial charge on any atom is -0.496 e. The van der Waals surface area contributed by atoms with Gasteiger partial charge in [-0.25, -0.2) is 4.98 Å². The summed E-state index contributed by atoms with van der Waals surface area (Å²) in [6.07, 6.45) is 1.59. The van der Waals surface area contributed by atoms with E-state index in [1.807, 2.05) is 25.1 Å². The first-order valence-electron chi connectivity index (χ1n) is 4.57. The maximum atomic E-state index is 5.43. The molecular formula is C11H12N2O2. The second-order valence-corrected chi connectivity index (χ2v) is 3.22. The van der Waals surface area contributed by atoms with Crippen molar-refractivity contribution in [3.05, 3.63) is 30.0 Å². The zero-order valence-electron chi connectivity index (χ0n) is 8.65. The van der Waals surface area contributed by atoms with Crippen molar-refractivity contribution in [2.45, 2.75) is 6.92 Å². The number of aromatic nitrogens is 1. The van der Waals surface area contributed by atoms with Crippen LogP contribution in [0.4, 0.5) is 6.01 Å². The van der Waals surface area contributed by atoms with Crippen molar-refractivity contribution in [2.75, 3.05) is 12.8 Å². The number of hydrogen-bond acceptors (Lipinski definition) is 4. The van der Waals surface area contributed by atoms with Crippen LogP contribution in [0.1, 0.15) is 5.56 Å². The Balaban J connectivity index is 2.57. The molecular weight excluding hydrogens is 192 g/mol. The number of rotatable bonds is 2. The van der Waals surface area contributed by atoms with Gasteiger partial charge < -0.3 is 14.9 Å². The van der Waals surface area contributed by atoms with Crippen molar-refractivity contribution in [3.8, 4) is 17.1 Å². The van der Waals surface area contributed by atoms with E-state index in [4.69, 9.17) is 14.9 Å². The first-order chi connectivity index (χ1) is 7.22. The quantitative estimate of drug-likeness (QED) is 0.814. The van der Waals surface area contributed by atoms with E-state index < -0.39 is 0 Å². The lowest BCUT2D eigenvalue weighted by Gasteiger charge is -2.08. The number of anilines is 1. The molecule has 0 unspecified atom stereocenters. The third kappa shape index (κ3) is 1.66. The zero-order valence-corrected chi connectivity index (χ0v) is 8.65. The van der Waals surface area contributed by atoms with Gasteiger partial charge in [0.05, 0.1) is 18.9 Å². The van der Waals surface area contributed by atoms with Gasteiger partial charge in [0.15, 0.2) is 5.76 Å². The normalized spacial score (nSPS) is 10.3. The monoisotopic (exact) mass is 204 g/mol. The predicted octanol–water partition coefficient (Wildman–Crippen LogP) is 2.24. The van der Waals surface area contributed by atoms with Crippen LogP contribution in [0.3, 0.4) is 0 Å². The third-order valence-electron chi connectivity index (χ3n) is 2.21. The molecule has 0 bridgehead atoms. The minimum absolute atomic E-state index is 0.161. The lowest BCUT2D eigenvalue weighted by Crippen LogP contribution is -1.90. The van der Waals surface area contributed by atoms with E-state index in [0.29, 0.717) is 5.76 Å². The maximum Gasteiger partial charge on any atom is 0.292 e. The molecule has 1 aromatic heterocycles. The predicted molar refractivity (Wildman–Crippen MR) is 57.6 cm³/mol. The molecule has 0 fully saturated rings. The van der Waals surface area contributed by atoms with Gasteiger partial charge in [-0.1, -0.05) is 12.1 Å². The summed E-state index contributed by atoms with van der Waals surface area (Å²) in [5.74, 6) is 1.40. The summed E-state index contributed by atoms with van der Waals surface area (Å²) >= 11 is 0. The van der Waals surface area contributed by atoms with Gasteiger partial charge in [-0.2, -0.15) is 0 Å². The highest BCUT2D eigenvalue weighted by Crippen LogP contribution is 2.33. The molecule has 78 valence electrons. The number of para-hydroxylation sites is 1. The average molecular weight is 204 g/mol. The first-order valence-corrected chi connectivity index (χ1v) is 4.57. The van der Waals surface area contributed by atoms with Gasteiger partial charge in [-0.15, -0.1) is 0 Å². The number of nitrogens with two attached hydrogens (primary N) is 1. The van der Waals surface area contributed by atoms with Crippen LogP contribution in [0.5, 0.6) is 5.75 Å². The summed E-state index contributed by atoms with van der Waals surface area (Å²) in [6, 6.07) is 5.98. The van der Waals surface area contributed by atoms with Crippen molar-refractivity contribution >= 4 is 6.01 Å². The van der Waals surface area contributed by atoms with Gasteiger partial charge in [0.25, 0.3) is 6.01 Å². The van der Waals surface area contributed by atoms with E-state index in [-0.39, 0.29) is 6.01 Å². The van der Waals surface area contributed by atoms with Crippen LogP contribution in [0.25, 0.3) is 11.3 Å². The lowest BCUT2D eigenvalue weighted by atomic mass is 10.1. The molecule has 0 aliphatic heterocycles. The van der Waals surface area contributed by atoms with Crippen LogP contribution in [0, 0.1) is 6.92 Å². The van der Waals surface area contributed by atoms with E-state index in [9.17, 15) is 0 Å². The van der Waals surface area contributed by atoms with Crippen molar-refractivity contribution in [1.29, 1.82) is 0 Å². The highest BCUT2D eigenvalue weighted by molar-refractivity contribution is 5.67. The Bertz CT molecular complexity index is 477. The molecule has 1 heterocycles. The number of benzene rings is 1. The fourth-order valence-corrected chi connectivity index (χ4v) is 1.53. The van der Waals surface area contributed by atoms with Gasteiger partial charge in [-0.3, -0.25) is 0 Å². The number of methoxy groups -OCH3 is 1. The van der Waals surface area contributed by atoms with Crippen LogP contribution in [-0.4, -0.2) is 12.1 Å². The van der Waals surface area contributed by atoms with Crippen molar-refractivity contribution < 1.29 is 9.15 Å². The summed E-state index contributed by atoms with van der Waals surface area (Å²) in [5, 5.41) is 0. The van der Waals surface area contributed by atoms with Crippen molar-refractivity contribution in [1.82, 2.24) is 4.98 Å².